The molecule has 2 N–H and O–H groups in total. The molecule has 1 atom stereocenters. The molecule has 0 amide bonds. The van der Waals surface area contributed by atoms with Crippen LogP contribution in [-0.4, -0.2) is 19.8 Å². The number of benzene rings is 2. The fourth-order valence-corrected chi connectivity index (χ4v) is 2.15. The summed E-state index contributed by atoms with van der Waals surface area (Å²) in [7, 11) is 1.65. The molecule has 1 unspecified atom stereocenters. The van der Waals surface area contributed by atoms with Crippen LogP contribution in [0.1, 0.15) is 18.1 Å². The Morgan fingerprint density at radius 2 is 1.83 bits per heavy atom. The lowest BCUT2D eigenvalue weighted by Crippen LogP contribution is -2.18. The highest BCUT2D eigenvalue weighted by atomic mass is 16.5. The average Bonchev–Trinajstić information content (AvgIpc) is 2.54. The van der Waals surface area contributed by atoms with E-state index in [0.29, 0.717) is 30.4 Å². The lowest BCUT2D eigenvalue weighted by Gasteiger charge is -2.16. The number of hydrogen-bond acceptors (Lipinski definition) is 4. The van der Waals surface area contributed by atoms with Gasteiger partial charge >= 0.3 is 0 Å². The van der Waals surface area contributed by atoms with E-state index in [1.807, 2.05) is 55.5 Å². The monoisotopic (exact) mass is 313 g/mol. The third-order valence-corrected chi connectivity index (χ3v) is 3.24. The topological polar surface area (TPSA) is 53.7 Å². The predicted octanol–water partition coefficient (Wildman–Crippen LogP) is 3.61. The van der Waals surface area contributed by atoms with Crippen molar-refractivity contribution in [1.29, 1.82) is 0 Å². The van der Waals surface area contributed by atoms with Gasteiger partial charge in [0, 0.05) is 24.4 Å². The summed E-state index contributed by atoms with van der Waals surface area (Å²) in [6, 6.07) is 15.5. The number of rotatable bonds is 8. The molecule has 0 radical (unpaired) electrons. The van der Waals surface area contributed by atoms with Crippen LogP contribution < -0.4 is 15.2 Å². The molecule has 0 spiro atoms. The highest BCUT2D eigenvalue weighted by molar-refractivity contribution is 5.63. The van der Waals surface area contributed by atoms with E-state index in [0.717, 1.165) is 11.1 Å². The fraction of sp³-hybridized carbons (Fsp3) is 0.263. The van der Waals surface area contributed by atoms with Crippen LogP contribution in [0, 0.1) is 0 Å². The maximum Gasteiger partial charge on any atom is 0.124 e. The van der Waals surface area contributed by atoms with Crippen molar-refractivity contribution in [2.24, 2.45) is 5.73 Å². The van der Waals surface area contributed by atoms with Crippen molar-refractivity contribution in [1.82, 2.24) is 0 Å². The Balaban J connectivity index is 2.14. The number of hydrogen-bond donors (Lipinski definition) is 1. The van der Waals surface area contributed by atoms with E-state index < -0.39 is 0 Å². The van der Waals surface area contributed by atoms with Crippen LogP contribution in [0.15, 0.2) is 55.1 Å². The Bertz CT molecular complexity index is 640. The van der Waals surface area contributed by atoms with Gasteiger partial charge in [-0.15, -0.1) is 0 Å². The Morgan fingerprint density at radius 3 is 2.48 bits per heavy atom. The van der Waals surface area contributed by atoms with Gasteiger partial charge < -0.3 is 19.9 Å². The molecule has 0 aromatic heterocycles. The van der Waals surface area contributed by atoms with Crippen LogP contribution >= 0.6 is 0 Å². The van der Waals surface area contributed by atoms with E-state index >= 15 is 0 Å². The number of nitrogens with two attached hydrogens (primary N) is 1. The van der Waals surface area contributed by atoms with Crippen LogP contribution in [0.3, 0.4) is 0 Å². The van der Waals surface area contributed by atoms with Crippen molar-refractivity contribution in [3.8, 4) is 11.5 Å². The molecule has 0 aliphatic carbocycles. The summed E-state index contributed by atoms with van der Waals surface area (Å²) in [5.41, 5.74) is 8.17. The molecule has 0 saturated carbocycles. The molecule has 0 heterocycles. The fourth-order valence-electron chi connectivity index (χ4n) is 2.15. The summed E-state index contributed by atoms with van der Waals surface area (Å²) in [5, 5.41) is 0. The zero-order valence-corrected chi connectivity index (χ0v) is 13.6. The van der Waals surface area contributed by atoms with Crippen LogP contribution in [-0.2, 0) is 11.3 Å². The first kappa shape index (κ1) is 16.9. The van der Waals surface area contributed by atoms with Crippen molar-refractivity contribution in [3.05, 3.63) is 66.2 Å². The van der Waals surface area contributed by atoms with E-state index in [-0.39, 0.29) is 6.10 Å². The molecule has 23 heavy (non-hydrogen) atoms. The molecule has 0 fully saturated rings. The van der Waals surface area contributed by atoms with Crippen LogP contribution in [0.25, 0.3) is 5.70 Å². The summed E-state index contributed by atoms with van der Waals surface area (Å²) in [4.78, 5) is 0. The van der Waals surface area contributed by atoms with Crippen LogP contribution in [0.5, 0.6) is 11.5 Å². The highest BCUT2D eigenvalue weighted by Crippen LogP contribution is 2.26. The molecule has 122 valence electrons. The molecular formula is C19H23NO3. The first-order valence-corrected chi connectivity index (χ1v) is 7.50. The van der Waals surface area contributed by atoms with E-state index in [9.17, 15) is 0 Å². The normalized spacial score (nSPS) is 11.7. The summed E-state index contributed by atoms with van der Waals surface area (Å²) in [5.74, 6) is 1.37. The smallest absolute Gasteiger partial charge is 0.124 e. The van der Waals surface area contributed by atoms with Gasteiger partial charge in [-0.3, -0.25) is 0 Å². The van der Waals surface area contributed by atoms with E-state index in [1.54, 1.807) is 7.11 Å². The second kappa shape index (κ2) is 8.25. The maximum atomic E-state index is 5.86. The average molecular weight is 313 g/mol. The molecule has 2 aromatic rings. The standard InChI is InChI=1S/C19H23NO3/c1-14(12-21-3)23-19-10-17(15(2)20)9-18(11-19)22-13-16-7-5-4-6-8-16/h4-11,14H,2,12-13,20H2,1,3H3. The molecular weight excluding hydrogens is 290 g/mol. The second-order valence-corrected chi connectivity index (χ2v) is 5.38. The van der Waals surface area contributed by atoms with Crippen molar-refractivity contribution in [2.75, 3.05) is 13.7 Å². The van der Waals surface area contributed by atoms with E-state index in [4.69, 9.17) is 19.9 Å². The molecule has 2 rings (SSSR count). The van der Waals surface area contributed by atoms with Gasteiger partial charge in [0.15, 0.2) is 0 Å². The number of methoxy groups -OCH3 is 1. The zero-order chi connectivity index (χ0) is 16.7. The highest BCUT2D eigenvalue weighted by Gasteiger charge is 2.08. The van der Waals surface area contributed by atoms with Crippen molar-refractivity contribution in [3.63, 3.8) is 0 Å². The van der Waals surface area contributed by atoms with Gasteiger partial charge in [-0.05, 0) is 24.6 Å². The lowest BCUT2D eigenvalue weighted by molar-refractivity contribution is 0.0918. The van der Waals surface area contributed by atoms with E-state index in [2.05, 4.69) is 6.58 Å². The minimum absolute atomic E-state index is 0.0664. The molecule has 4 heteroatoms. The maximum absolute atomic E-state index is 5.86. The minimum Gasteiger partial charge on any atom is -0.489 e. The summed E-state index contributed by atoms with van der Waals surface area (Å²) < 4.78 is 16.8. The Kier molecular flexibility index (Phi) is 6.06. The third-order valence-electron chi connectivity index (χ3n) is 3.24. The van der Waals surface area contributed by atoms with Crippen LogP contribution in [0.2, 0.25) is 0 Å². The minimum atomic E-state index is -0.0664. The quantitative estimate of drug-likeness (QED) is 0.809. The van der Waals surface area contributed by atoms with Crippen molar-refractivity contribution in [2.45, 2.75) is 19.6 Å². The predicted molar refractivity (Wildman–Crippen MR) is 92.4 cm³/mol. The summed E-state index contributed by atoms with van der Waals surface area (Å²) in [6.07, 6.45) is -0.0664. The van der Waals surface area contributed by atoms with Gasteiger partial charge in [-0.1, -0.05) is 36.9 Å². The van der Waals surface area contributed by atoms with E-state index in [1.165, 1.54) is 0 Å². The van der Waals surface area contributed by atoms with Crippen molar-refractivity contribution < 1.29 is 14.2 Å². The lowest BCUT2D eigenvalue weighted by atomic mass is 10.1. The van der Waals surface area contributed by atoms with Gasteiger partial charge in [-0.2, -0.15) is 0 Å². The number of ether oxygens (including phenoxy) is 3. The second-order valence-electron chi connectivity index (χ2n) is 5.38. The third kappa shape index (κ3) is 5.34. The molecule has 4 nitrogen and oxygen atoms in total. The van der Waals surface area contributed by atoms with Gasteiger partial charge in [0.1, 0.15) is 24.2 Å². The molecule has 0 bridgehead atoms. The Labute approximate surface area is 137 Å². The molecule has 0 aliphatic rings. The Morgan fingerprint density at radius 1 is 1.13 bits per heavy atom. The summed E-state index contributed by atoms with van der Waals surface area (Å²) in [6.45, 7) is 6.71. The molecule has 0 saturated heterocycles. The largest absolute Gasteiger partial charge is 0.489 e. The Hall–Kier alpha value is -2.46. The molecule has 0 aliphatic heterocycles. The zero-order valence-electron chi connectivity index (χ0n) is 13.6. The van der Waals surface area contributed by atoms with Gasteiger partial charge in [0.25, 0.3) is 0 Å². The van der Waals surface area contributed by atoms with Gasteiger partial charge in [-0.25, -0.2) is 0 Å². The van der Waals surface area contributed by atoms with Crippen molar-refractivity contribution >= 4 is 5.70 Å². The summed E-state index contributed by atoms with van der Waals surface area (Å²) >= 11 is 0. The van der Waals surface area contributed by atoms with Crippen LogP contribution in [0.4, 0.5) is 0 Å². The van der Waals surface area contributed by atoms with Gasteiger partial charge in [0.2, 0.25) is 0 Å². The van der Waals surface area contributed by atoms with Gasteiger partial charge in [0.05, 0.1) is 6.61 Å². The first-order valence-electron chi connectivity index (χ1n) is 7.50. The first-order chi connectivity index (χ1) is 11.1. The SMILES string of the molecule is C=C(N)c1cc(OCc2ccccc2)cc(OC(C)COC)c1. The molecule has 2 aromatic carbocycles.